The highest BCUT2D eigenvalue weighted by molar-refractivity contribution is 7.92. The number of amides is 1. The molecule has 2 N–H and O–H groups in total. The van der Waals surface area contributed by atoms with Gasteiger partial charge in [0.15, 0.2) is 28.0 Å². The SMILES string of the molecule is COc1cc(Nc2nc3ccccc3nc2NS(=O)(=O)c2cn(C)cn2)c2oc(C(=O)N(C)C)cc2c1. The number of methoxy groups -OCH3 is 1. The second-order valence-electron chi connectivity index (χ2n) is 8.42. The number of aromatic nitrogens is 4. The number of benzene rings is 2. The van der Waals surface area contributed by atoms with Crippen molar-refractivity contribution in [2.24, 2.45) is 7.05 Å². The number of furan rings is 1. The minimum absolute atomic E-state index is 0.0449. The fourth-order valence-corrected chi connectivity index (χ4v) is 4.65. The van der Waals surface area contributed by atoms with Gasteiger partial charge in [-0.1, -0.05) is 12.1 Å². The molecule has 0 aliphatic carbocycles. The highest BCUT2D eigenvalue weighted by Gasteiger charge is 2.23. The molecule has 0 spiro atoms. The molecule has 5 aromatic rings. The summed E-state index contributed by atoms with van der Waals surface area (Å²) >= 11 is 0. The number of anilines is 3. The van der Waals surface area contributed by atoms with Gasteiger partial charge in [-0.2, -0.15) is 8.42 Å². The van der Waals surface area contributed by atoms with Crippen LogP contribution in [0.4, 0.5) is 17.3 Å². The van der Waals surface area contributed by atoms with Crippen molar-refractivity contribution in [3.8, 4) is 5.75 Å². The van der Waals surface area contributed by atoms with E-state index in [1.165, 1.54) is 29.1 Å². The molecule has 0 aliphatic rings. The number of sulfonamides is 1. The number of ether oxygens (including phenoxy) is 1. The lowest BCUT2D eigenvalue weighted by atomic mass is 10.2. The molecule has 0 radical (unpaired) electrons. The number of rotatable bonds is 7. The molecule has 0 bridgehead atoms. The summed E-state index contributed by atoms with van der Waals surface area (Å²) in [5, 5.41) is 3.56. The number of imidazole rings is 1. The third-order valence-electron chi connectivity index (χ3n) is 5.45. The van der Waals surface area contributed by atoms with Crippen molar-refractivity contribution in [3.05, 3.63) is 60.7 Å². The molecule has 12 nitrogen and oxygen atoms in total. The first kappa shape index (κ1) is 24.1. The molecule has 0 fully saturated rings. The van der Waals surface area contributed by atoms with Crippen molar-refractivity contribution in [1.29, 1.82) is 0 Å². The Labute approximate surface area is 212 Å². The fourth-order valence-electron chi connectivity index (χ4n) is 3.66. The van der Waals surface area contributed by atoms with Crippen LogP contribution in [0.3, 0.4) is 0 Å². The quantitative estimate of drug-likeness (QED) is 0.329. The predicted octanol–water partition coefficient (Wildman–Crippen LogP) is 3.36. The maximum Gasteiger partial charge on any atom is 0.289 e. The number of fused-ring (bicyclic) bond motifs is 2. The van der Waals surface area contributed by atoms with Gasteiger partial charge < -0.3 is 23.9 Å². The van der Waals surface area contributed by atoms with Gasteiger partial charge >= 0.3 is 0 Å². The van der Waals surface area contributed by atoms with Gasteiger partial charge in [-0.3, -0.25) is 9.52 Å². The van der Waals surface area contributed by atoms with Gasteiger partial charge in [-0.15, -0.1) is 0 Å². The van der Waals surface area contributed by atoms with Gasteiger partial charge in [-0.25, -0.2) is 15.0 Å². The number of hydrogen-bond donors (Lipinski definition) is 2. The Balaban J connectivity index is 1.64. The van der Waals surface area contributed by atoms with Crippen LogP contribution in [0.25, 0.3) is 22.0 Å². The first-order valence-electron chi connectivity index (χ1n) is 11.0. The van der Waals surface area contributed by atoms with E-state index in [-0.39, 0.29) is 28.3 Å². The fraction of sp³-hybridized carbons (Fsp3) is 0.167. The normalized spacial score (nSPS) is 11.6. The van der Waals surface area contributed by atoms with Crippen molar-refractivity contribution in [2.45, 2.75) is 5.03 Å². The molecule has 37 heavy (non-hydrogen) atoms. The van der Waals surface area contributed by atoms with E-state index in [2.05, 4.69) is 25.0 Å². The van der Waals surface area contributed by atoms with E-state index < -0.39 is 10.0 Å². The number of hydrogen-bond acceptors (Lipinski definition) is 9. The Morgan fingerprint density at radius 2 is 1.78 bits per heavy atom. The Morgan fingerprint density at radius 3 is 2.41 bits per heavy atom. The largest absolute Gasteiger partial charge is 0.497 e. The molecule has 3 heterocycles. The molecular weight excluding hydrogens is 498 g/mol. The van der Waals surface area contributed by atoms with Crippen LogP contribution in [0.5, 0.6) is 5.75 Å². The Kier molecular flexibility index (Phi) is 5.91. The van der Waals surface area contributed by atoms with Crippen molar-refractivity contribution in [2.75, 3.05) is 31.2 Å². The van der Waals surface area contributed by atoms with Gasteiger partial charge in [0.2, 0.25) is 0 Å². The van der Waals surface area contributed by atoms with Gasteiger partial charge in [-0.05, 0) is 24.3 Å². The summed E-state index contributed by atoms with van der Waals surface area (Å²) in [5.74, 6) is 0.387. The minimum Gasteiger partial charge on any atom is -0.497 e. The topological polar surface area (TPSA) is 144 Å². The molecule has 190 valence electrons. The van der Waals surface area contributed by atoms with E-state index in [1.807, 2.05) is 0 Å². The first-order valence-corrected chi connectivity index (χ1v) is 12.5. The third-order valence-corrected chi connectivity index (χ3v) is 6.68. The lowest BCUT2D eigenvalue weighted by molar-refractivity contribution is 0.0799. The maximum atomic E-state index is 13.0. The number of nitrogens with zero attached hydrogens (tertiary/aromatic N) is 5. The summed E-state index contributed by atoms with van der Waals surface area (Å²) in [7, 11) is 2.36. The molecule has 0 unspecified atom stereocenters. The van der Waals surface area contributed by atoms with Gasteiger partial charge in [0.1, 0.15) is 5.75 Å². The Hall–Kier alpha value is -4.65. The average Bonchev–Trinajstić information content (AvgIpc) is 3.50. The zero-order valence-electron chi connectivity index (χ0n) is 20.4. The van der Waals surface area contributed by atoms with Crippen LogP contribution < -0.4 is 14.8 Å². The lowest BCUT2D eigenvalue weighted by Crippen LogP contribution is -2.20. The van der Waals surface area contributed by atoms with Crippen LogP contribution >= 0.6 is 0 Å². The van der Waals surface area contributed by atoms with Crippen LogP contribution in [-0.2, 0) is 17.1 Å². The second-order valence-corrected chi connectivity index (χ2v) is 10.1. The highest BCUT2D eigenvalue weighted by Crippen LogP contribution is 2.35. The number of nitrogens with one attached hydrogen (secondary N) is 2. The zero-order chi connectivity index (χ0) is 26.3. The number of carbonyl (C=O) groups is 1. The van der Waals surface area contributed by atoms with Crippen LogP contribution in [0, 0.1) is 0 Å². The lowest BCUT2D eigenvalue weighted by Gasteiger charge is -2.14. The summed E-state index contributed by atoms with van der Waals surface area (Å²) < 4.78 is 41.4. The second kappa shape index (κ2) is 9.09. The maximum absolute atomic E-state index is 13.0. The van der Waals surface area contributed by atoms with Crippen molar-refractivity contribution in [1.82, 2.24) is 24.4 Å². The number of para-hydroxylation sites is 2. The van der Waals surface area contributed by atoms with Crippen LogP contribution in [0.2, 0.25) is 0 Å². The molecule has 0 atom stereocenters. The smallest absolute Gasteiger partial charge is 0.289 e. The van der Waals surface area contributed by atoms with Gasteiger partial charge in [0.25, 0.3) is 15.9 Å². The molecular formula is C24H23N7O5S. The van der Waals surface area contributed by atoms with Gasteiger partial charge in [0.05, 0.1) is 30.2 Å². The summed E-state index contributed by atoms with van der Waals surface area (Å²) in [6.07, 6.45) is 2.76. The molecule has 1 amide bonds. The van der Waals surface area contributed by atoms with Gasteiger partial charge in [0, 0.05) is 38.8 Å². The third kappa shape index (κ3) is 4.63. The zero-order valence-corrected chi connectivity index (χ0v) is 21.2. The molecule has 13 heteroatoms. The monoisotopic (exact) mass is 521 g/mol. The molecule has 2 aromatic carbocycles. The van der Waals surface area contributed by atoms with E-state index in [0.717, 1.165) is 0 Å². The molecule has 0 saturated carbocycles. The molecule has 5 rings (SSSR count). The summed E-state index contributed by atoms with van der Waals surface area (Å²) in [6, 6.07) is 12.1. The standard InChI is InChI=1S/C24H23N7O5S/c1-30(2)24(32)19-10-14-9-15(35-4)11-18(21(14)36-19)28-22-23(27-17-8-6-5-7-16(17)26-22)29-37(33,34)20-12-31(3)13-25-20/h5-13H,1-4H3,(H,26,28)(H,27,29). The van der Waals surface area contributed by atoms with Crippen LogP contribution in [0.15, 0.2) is 64.4 Å². The van der Waals surface area contributed by atoms with Crippen molar-refractivity contribution < 1.29 is 22.4 Å². The van der Waals surface area contributed by atoms with Crippen LogP contribution in [0.1, 0.15) is 10.6 Å². The molecule has 0 saturated heterocycles. The van der Waals surface area contributed by atoms with Crippen LogP contribution in [-0.4, -0.2) is 59.9 Å². The van der Waals surface area contributed by atoms with E-state index in [4.69, 9.17) is 9.15 Å². The van der Waals surface area contributed by atoms with E-state index in [1.54, 1.807) is 63.6 Å². The Morgan fingerprint density at radius 1 is 1.08 bits per heavy atom. The van der Waals surface area contributed by atoms with E-state index in [0.29, 0.717) is 33.4 Å². The highest BCUT2D eigenvalue weighted by atomic mass is 32.2. The molecule has 0 aliphatic heterocycles. The van der Waals surface area contributed by atoms with Crippen molar-refractivity contribution in [3.63, 3.8) is 0 Å². The summed E-state index contributed by atoms with van der Waals surface area (Å²) in [5.41, 5.74) is 1.78. The Bertz CT molecular complexity index is 1760. The predicted molar refractivity (Wildman–Crippen MR) is 138 cm³/mol. The van der Waals surface area contributed by atoms with E-state index >= 15 is 0 Å². The summed E-state index contributed by atoms with van der Waals surface area (Å²) in [6.45, 7) is 0. The van der Waals surface area contributed by atoms with Crippen molar-refractivity contribution >= 4 is 55.3 Å². The summed E-state index contributed by atoms with van der Waals surface area (Å²) in [4.78, 5) is 26.9. The first-order chi connectivity index (χ1) is 17.6. The molecule has 3 aromatic heterocycles. The average molecular weight is 522 g/mol. The number of aryl methyl sites for hydroxylation is 1. The minimum atomic E-state index is -4.07. The number of carbonyl (C=O) groups excluding carboxylic acids is 1. The van der Waals surface area contributed by atoms with E-state index in [9.17, 15) is 13.2 Å².